The molecule has 29 heavy (non-hydrogen) atoms. The van der Waals surface area contributed by atoms with E-state index in [1.54, 1.807) is 67.0 Å². The van der Waals surface area contributed by atoms with Gasteiger partial charge in [-0.05, 0) is 48.9 Å². The molecule has 0 unspecified atom stereocenters. The minimum Gasteiger partial charge on any atom is -0.411 e. The lowest BCUT2D eigenvalue weighted by atomic mass is 10.2. The van der Waals surface area contributed by atoms with Crippen molar-refractivity contribution in [3.8, 4) is 11.5 Å². The first-order valence-corrected chi connectivity index (χ1v) is 11.3. The van der Waals surface area contributed by atoms with E-state index in [0.717, 1.165) is 16.7 Å². The Morgan fingerprint density at radius 1 is 0.931 bits per heavy atom. The van der Waals surface area contributed by atoms with Gasteiger partial charge in [0.1, 0.15) is 0 Å². The number of pyridine rings is 1. The third-order valence-corrected chi connectivity index (χ3v) is 6.92. The summed E-state index contributed by atoms with van der Waals surface area (Å²) in [5.74, 6) is 1.000. The number of sulfone groups is 1. The molecule has 0 spiro atoms. The molecule has 0 aliphatic carbocycles. The third kappa shape index (κ3) is 4.38. The maximum atomic E-state index is 12.7. The van der Waals surface area contributed by atoms with Crippen molar-refractivity contribution in [1.29, 1.82) is 0 Å². The number of benzene rings is 2. The summed E-state index contributed by atoms with van der Waals surface area (Å²) in [6.07, 6.45) is 3.34. The van der Waals surface area contributed by atoms with E-state index in [2.05, 4.69) is 15.2 Å². The van der Waals surface area contributed by atoms with E-state index in [1.165, 1.54) is 11.8 Å². The lowest BCUT2D eigenvalue weighted by molar-refractivity contribution is 0.465. The van der Waals surface area contributed by atoms with Crippen molar-refractivity contribution in [1.82, 2.24) is 15.2 Å². The highest BCUT2D eigenvalue weighted by atomic mass is 32.2. The van der Waals surface area contributed by atoms with Crippen LogP contribution < -0.4 is 0 Å². The topological polar surface area (TPSA) is 86.0 Å². The molecule has 0 atom stereocenters. The SMILES string of the molecule is Cc1ccc(S(=O)(=O)c2ccc(CSc3nnc(-c4cccnc4)o3)cc2)cc1. The predicted molar refractivity (Wildman–Crippen MR) is 110 cm³/mol. The Morgan fingerprint density at radius 2 is 1.62 bits per heavy atom. The minimum atomic E-state index is -3.52. The van der Waals surface area contributed by atoms with Crippen LogP contribution in [0.1, 0.15) is 11.1 Å². The van der Waals surface area contributed by atoms with Gasteiger partial charge in [0.25, 0.3) is 5.22 Å². The van der Waals surface area contributed by atoms with E-state index in [4.69, 9.17) is 4.42 Å². The lowest BCUT2D eigenvalue weighted by Gasteiger charge is -2.06. The molecular formula is C21H17N3O3S2. The van der Waals surface area contributed by atoms with Crippen LogP contribution in [0.2, 0.25) is 0 Å². The Balaban J connectivity index is 1.44. The molecule has 0 saturated carbocycles. The van der Waals surface area contributed by atoms with Gasteiger partial charge in [0.2, 0.25) is 15.7 Å². The molecule has 0 fully saturated rings. The Bertz CT molecular complexity index is 1200. The highest BCUT2D eigenvalue weighted by Gasteiger charge is 2.17. The predicted octanol–water partition coefficient (Wildman–Crippen LogP) is 4.57. The second-order valence-electron chi connectivity index (χ2n) is 6.36. The van der Waals surface area contributed by atoms with Gasteiger partial charge in [-0.3, -0.25) is 4.98 Å². The van der Waals surface area contributed by atoms with Crippen LogP contribution in [0.15, 0.2) is 92.5 Å². The first kappa shape index (κ1) is 19.4. The van der Waals surface area contributed by atoms with Gasteiger partial charge in [-0.1, -0.05) is 41.6 Å². The fourth-order valence-electron chi connectivity index (χ4n) is 2.64. The van der Waals surface area contributed by atoms with Gasteiger partial charge in [0.15, 0.2) is 0 Å². The maximum absolute atomic E-state index is 12.7. The van der Waals surface area contributed by atoms with E-state index in [9.17, 15) is 8.42 Å². The molecule has 4 aromatic rings. The van der Waals surface area contributed by atoms with Crippen LogP contribution in [-0.2, 0) is 15.6 Å². The fraction of sp³-hybridized carbons (Fsp3) is 0.0952. The first-order valence-electron chi connectivity index (χ1n) is 8.80. The van der Waals surface area contributed by atoms with Crippen LogP contribution in [0.3, 0.4) is 0 Å². The normalized spacial score (nSPS) is 11.5. The Labute approximate surface area is 173 Å². The van der Waals surface area contributed by atoms with E-state index in [0.29, 0.717) is 21.8 Å². The van der Waals surface area contributed by atoms with Gasteiger partial charge >= 0.3 is 0 Å². The highest BCUT2D eigenvalue weighted by molar-refractivity contribution is 7.98. The highest BCUT2D eigenvalue weighted by Crippen LogP contribution is 2.27. The van der Waals surface area contributed by atoms with Gasteiger partial charge in [0, 0.05) is 18.1 Å². The quantitative estimate of drug-likeness (QED) is 0.420. The van der Waals surface area contributed by atoms with Crippen molar-refractivity contribution in [2.45, 2.75) is 27.7 Å². The van der Waals surface area contributed by atoms with Gasteiger partial charge in [-0.25, -0.2) is 8.42 Å². The van der Waals surface area contributed by atoms with Crippen molar-refractivity contribution < 1.29 is 12.8 Å². The molecular weight excluding hydrogens is 406 g/mol. The van der Waals surface area contributed by atoms with Crippen LogP contribution in [0.4, 0.5) is 0 Å². The Morgan fingerprint density at radius 3 is 2.28 bits per heavy atom. The molecule has 146 valence electrons. The number of thioether (sulfide) groups is 1. The summed E-state index contributed by atoms with van der Waals surface area (Å²) in [6.45, 7) is 1.92. The molecule has 4 rings (SSSR count). The van der Waals surface area contributed by atoms with Crippen molar-refractivity contribution in [2.75, 3.05) is 0 Å². The summed E-state index contributed by atoms with van der Waals surface area (Å²) < 4.78 is 31.1. The van der Waals surface area contributed by atoms with Crippen molar-refractivity contribution in [3.63, 3.8) is 0 Å². The molecule has 0 bridgehead atoms. The molecule has 8 heteroatoms. The summed E-state index contributed by atoms with van der Waals surface area (Å²) in [7, 11) is -3.52. The number of hydrogen-bond donors (Lipinski definition) is 0. The summed E-state index contributed by atoms with van der Waals surface area (Å²) >= 11 is 1.39. The number of rotatable bonds is 6. The van der Waals surface area contributed by atoms with Crippen LogP contribution >= 0.6 is 11.8 Å². The second-order valence-corrected chi connectivity index (χ2v) is 9.24. The smallest absolute Gasteiger partial charge is 0.277 e. The monoisotopic (exact) mass is 423 g/mol. The number of aryl methyl sites for hydroxylation is 1. The van der Waals surface area contributed by atoms with Gasteiger partial charge in [-0.15, -0.1) is 10.2 Å². The summed E-state index contributed by atoms with van der Waals surface area (Å²) in [6, 6.07) is 17.3. The molecule has 0 N–H and O–H groups in total. The van der Waals surface area contributed by atoms with Crippen molar-refractivity contribution in [3.05, 3.63) is 84.2 Å². The molecule has 0 radical (unpaired) electrons. The van der Waals surface area contributed by atoms with Crippen LogP contribution in [0.5, 0.6) is 0 Å². The fourth-order valence-corrected chi connectivity index (χ4v) is 4.62. The van der Waals surface area contributed by atoms with Crippen LogP contribution in [0, 0.1) is 6.92 Å². The summed E-state index contributed by atoms with van der Waals surface area (Å²) in [5.41, 5.74) is 2.74. The lowest BCUT2D eigenvalue weighted by Crippen LogP contribution is -2.02. The van der Waals surface area contributed by atoms with E-state index in [1.807, 2.05) is 13.0 Å². The number of hydrogen-bond acceptors (Lipinski definition) is 7. The molecule has 2 aromatic heterocycles. The standard InChI is InChI=1S/C21H17N3O3S2/c1-15-4-8-18(9-5-15)29(25,26)19-10-6-16(7-11-19)14-28-21-24-23-20(27-21)17-3-2-12-22-13-17/h2-13H,14H2,1H3. The minimum absolute atomic E-state index is 0.270. The average Bonchev–Trinajstić information content (AvgIpc) is 3.23. The molecule has 0 aliphatic heterocycles. The van der Waals surface area contributed by atoms with Crippen LogP contribution in [0.25, 0.3) is 11.5 Å². The maximum Gasteiger partial charge on any atom is 0.277 e. The van der Waals surface area contributed by atoms with Crippen molar-refractivity contribution in [2.24, 2.45) is 0 Å². The van der Waals surface area contributed by atoms with Crippen LogP contribution in [-0.4, -0.2) is 23.6 Å². The van der Waals surface area contributed by atoms with Crippen molar-refractivity contribution >= 4 is 21.6 Å². The third-order valence-electron chi connectivity index (χ3n) is 4.24. The van der Waals surface area contributed by atoms with E-state index < -0.39 is 9.84 Å². The number of nitrogens with zero attached hydrogens (tertiary/aromatic N) is 3. The van der Waals surface area contributed by atoms with Gasteiger partial charge < -0.3 is 4.42 Å². The summed E-state index contributed by atoms with van der Waals surface area (Å²) in [5, 5.41) is 8.51. The Kier molecular flexibility index (Phi) is 5.46. The zero-order chi connectivity index (χ0) is 20.3. The molecule has 2 aromatic carbocycles. The second kappa shape index (κ2) is 8.18. The first-order chi connectivity index (χ1) is 14.0. The molecule has 6 nitrogen and oxygen atoms in total. The average molecular weight is 424 g/mol. The molecule has 0 saturated heterocycles. The van der Waals surface area contributed by atoms with E-state index >= 15 is 0 Å². The molecule has 0 amide bonds. The Hall–Kier alpha value is -2.97. The number of aromatic nitrogens is 3. The largest absolute Gasteiger partial charge is 0.411 e. The zero-order valence-corrected chi connectivity index (χ0v) is 17.2. The molecule has 2 heterocycles. The molecule has 0 aliphatic rings. The van der Waals surface area contributed by atoms with Gasteiger partial charge in [0.05, 0.1) is 15.4 Å². The summed E-state index contributed by atoms with van der Waals surface area (Å²) in [4.78, 5) is 4.60. The van der Waals surface area contributed by atoms with E-state index in [-0.39, 0.29) is 4.90 Å². The zero-order valence-electron chi connectivity index (χ0n) is 15.5. The van der Waals surface area contributed by atoms with Gasteiger partial charge in [-0.2, -0.15) is 0 Å².